The molecule has 136 valence electrons. The van der Waals surface area contributed by atoms with Crippen molar-refractivity contribution in [1.82, 2.24) is 0 Å². The van der Waals surface area contributed by atoms with Gasteiger partial charge in [0.25, 0.3) is 0 Å². The molecule has 1 aromatic rings. The van der Waals surface area contributed by atoms with Gasteiger partial charge in [0.15, 0.2) is 0 Å². The Labute approximate surface area is 150 Å². The van der Waals surface area contributed by atoms with Gasteiger partial charge in [0.05, 0.1) is 17.9 Å². The van der Waals surface area contributed by atoms with E-state index in [4.69, 9.17) is 5.73 Å². The summed E-state index contributed by atoms with van der Waals surface area (Å²) in [7, 11) is -3.37. The Bertz CT molecular complexity index is 705. The number of anilines is 2. The molecule has 0 bridgehead atoms. The highest BCUT2D eigenvalue weighted by Gasteiger charge is 2.37. The fourth-order valence-corrected chi connectivity index (χ4v) is 3.65. The highest BCUT2D eigenvalue weighted by Crippen LogP contribution is 2.32. The Kier molecular flexibility index (Phi) is 6.67. The maximum atomic E-state index is 12.5. The predicted molar refractivity (Wildman–Crippen MR) is 100 cm³/mol. The van der Waals surface area contributed by atoms with Gasteiger partial charge in [0, 0.05) is 11.2 Å². The van der Waals surface area contributed by atoms with E-state index in [2.05, 4.69) is 10.0 Å². The molecule has 8 heteroatoms. The van der Waals surface area contributed by atoms with Crippen LogP contribution in [0.2, 0.25) is 0 Å². The monoisotopic (exact) mass is 375 g/mol. The normalized spacial score (nSPS) is 23.9. The van der Waals surface area contributed by atoms with Crippen molar-refractivity contribution in [3.8, 4) is 0 Å². The maximum Gasteiger partial charge on any atom is 0.229 e. The molecular formula is C16H26ClN3O3S. The zero-order valence-electron chi connectivity index (χ0n) is 14.3. The number of carbonyl (C=O) groups excluding carboxylic acids is 1. The lowest BCUT2D eigenvalue weighted by Crippen LogP contribution is -2.51. The Morgan fingerprint density at radius 3 is 2.58 bits per heavy atom. The minimum absolute atomic E-state index is 0. The third kappa shape index (κ3) is 5.36. The van der Waals surface area contributed by atoms with Crippen LogP contribution < -0.4 is 15.8 Å². The molecule has 2 unspecified atom stereocenters. The first-order valence-electron chi connectivity index (χ1n) is 7.77. The fourth-order valence-electron chi connectivity index (χ4n) is 3.03. The molecule has 2 rings (SSSR count). The number of nitrogens with two attached hydrogens (primary N) is 1. The van der Waals surface area contributed by atoms with Crippen molar-refractivity contribution in [1.29, 1.82) is 0 Å². The molecule has 0 saturated heterocycles. The molecule has 1 fully saturated rings. The van der Waals surface area contributed by atoms with Gasteiger partial charge in [-0.1, -0.05) is 18.9 Å². The molecular weight excluding hydrogens is 350 g/mol. The van der Waals surface area contributed by atoms with Crippen molar-refractivity contribution in [2.75, 3.05) is 16.3 Å². The predicted octanol–water partition coefficient (Wildman–Crippen LogP) is 2.63. The molecule has 1 aromatic carbocycles. The van der Waals surface area contributed by atoms with Crippen LogP contribution in [-0.4, -0.2) is 26.1 Å². The quantitative estimate of drug-likeness (QED) is 0.752. The molecule has 1 aliphatic rings. The van der Waals surface area contributed by atoms with Crippen LogP contribution in [0.1, 0.15) is 38.2 Å². The van der Waals surface area contributed by atoms with Crippen LogP contribution in [0.5, 0.6) is 0 Å². The van der Waals surface area contributed by atoms with Crippen LogP contribution in [0, 0.1) is 12.8 Å². The molecule has 0 aliphatic heterocycles. The molecule has 1 saturated carbocycles. The number of nitrogens with one attached hydrogen (secondary N) is 2. The summed E-state index contributed by atoms with van der Waals surface area (Å²) in [6.07, 6.45) is 4.75. The molecule has 0 radical (unpaired) electrons. The standard InChI is InChI=1S/C16H25N3O3S.ClH/c1-11-7-8-12(10-14(11)19-23(3,21)22)18-15(20)13-6-4-5-9-16(13,2)17;/h7-8,10,13,19H,4-6,9,17H2,1-3H3,(H,18,20);1H. The fraction of sp³-hybridized carbons (Fsp3) is 0.562. The van der Waals surface area contributed by atoms with E-state index in [1.807, 2.05) is 6.92 Å². The Balaban J connectivity index is 0.00000288. The maximum absolute atomic E-state index is 12.5. The van der Waals surface area contributed by atoms with E-state index in [0.29, 0.717) is 11.4 Å². The van der Waals surface area contributed by atoms with Gasteiger partial charge >= 0.3 is 0 Å². The zero-order valence-corrected chi connectivity index (χ0v) is 15.9. The molecule has 1 amide bonds. The van der Waals surface area contributed by atoms with E-state index in [1.165, 1.54) is 0 Å². The summed E-state index contributed by atoms with van der Waals surface area (Å²) in [4.78, 5) is 12.5. The lowest BCUT2D eigenvalue weighted by molar-refractivity contribution is -0.122. The lowest BCUT2D eigenvalue weighted by Gasteiger charge is -2.37. The van der Waals surface area contributed by atoms with E-state index in [1.54, 1.807) is 25.1 Å². The summed E-state index contributed by atoms with van der Waals surface area (Å²) in [5.74, 6) is -0.340. The van der Waals surface area contributed by atoms with Crippen LogP contribution in [0.4, 0.5) is 11.4 Å². The Hall–Kier alpha value is -1.31. The number of hydrogen-bond acceptors (Lipinski definition) is 4. The number of hydrogen-bond donors (Lipinski definition) is 3. The summed E-state index contributed by atoms with van der Waals surface area (Å²) in [5, 5.41) is 2.87. The van der Waals surface area contributed by atoms with Gasteiger partial charge in [-0.3, -0.25) is 9.52 Å². The summed E-state index contributed by atoms with van der Waals surface area (Å²) >= 11 is 0. The SMILES string of the molecule is Cc1ccc(NC(=O)C2CCCCC2(C)N)cc1NS(C)(=O)=O.Cl. The highest BCUT2D eigenvalue weighted by atomic mass is 35.5. The minimum atomic E-state index is -3.37. The smallest absolute Gasteiger partial charge is 0.229 e. The lowest BCUT2D eigenvalue weighted by atomic mass is 9.74. The summed E-state index contributed by atoms with van der Waals surface area (Å²) in [6, 6.07) is 5.16. The Morgan fingerprint density at radius 2 is 2.00 bits per heavy atom. The first-order chi connectivity index (χ1) is 10.6. The van der Waals surface area contributed by atoms with Crippen LogP contribution in [0.3, 0.4) is 0 Å². The van der Waals surface area contributed by atoms with Crippen molar-refractivity contribution < 1.29 is 13.2 Å². The highest BCUT2D eigenvalue weighted by molar-refractivity contribution is 7.92. The van der Waals surface area contributed by atoms with Crippen molar-refractivity contribution in [3.63, 3.8) is 0 Å². The molecule has 4 N–H and O–H groups in total. The van der Waals surface area contributed by atoms with Crippen molar-refractivity contribution >= 4 is 39.7 Å². The second kappa shape index (κ2) is 7.72. The molecule has 1 aliphatic carbocycles. The van der Waals surface area contributed by atoms with Gasteiger partial charge in [-0.2, -0.15) is 0 Å². The second-order valence-electron chi connectivity index (χ2n) is 6.70. The molecule has 6 nitrogen and oxygen atoms in total. The summed E-state index contributed by atoms with van der Waals surface area (Å²) in [5.41, 5.74) is 7.57. The molecule has 0 heterocycles. The van der Waals surface area contributed by atoms with Crippen LogP contribution >= 0.6 is 12.4 Å². The molecule has 24 heavy (non-hydrogen) atoms. The van der Waals surface area contributed by atoms with Gasteiger partial charge in [-0.15, -0.1) is 12.4 Å². The average molecular weight is 376 g/mol. The first-order valence-corrected chi connectivity index (χ1v) is 9.66. The number of carbonyl (C=O) groups is 1. The third-order valence-corrected chi connectivity index (χ3v) is 4.96. The van der Waals surface area contributed by atoms with Gasteiger partial charge in [0.2, 0.25) is 15.9 Å². The number of halogens is 1. The second-order valence-corrected chi connectivity index (χ2v) is 8.45. The number of aryl methyl sites for hydroxylation is 1. The first kappa shape index (κ1) is 20.7. The third-order valence-electron chi connectivity index (χ3n) is 4.37. The van der Waals surface area contributed by atoms with Gasteiger partial charge in [0.1, 0.15) is 0 Å². The molecule has 2 atom stereocenters. The largest absolute Gasteiger partial charge is 0.326 e. The van der Waals surface area contributed by atoms with Gasteiger partial charge < -0.3 is 11.1 Å². The Morgan fingerprint density at radius 1 is 1.33 bits per heavy atom. The van der Waals surface area contributed by atoms with Crippen molar-refractivity contribution in [2.24, 2.45) is 11.7 Å². The van der Waals surface area contributed by atoms with Gasteiger partial charge in [-0.25, -0.2) is 8.42 Å². The van der Waals surface area contributed by atoms with Crippen LogP contribution in [0.25, 0.3) is 0 Å². The number of sulfonamides is 1. The minimum Gasteiger partial charge on any atom is -0.326 e. The van der Waals surface area contributed by atoms with Crippen LogP contribution in [0.15, 0.2) is 18.2 Å². The number of rotatable bonds is 4. The van der Waals surface area contributed by atoms with Crippen LogP contribution in [-0.2, 0) is 14.8 Å². The van der Waals surface area contributed by atoms with Gasteiger partial charge in [-0.05, 0) is 44.4 Å². The summed E-state index contributed by atoms with van der Waals surface area (Å²) in [6.45, 7) is 3.72. The summed E-state index contributed by atoms with van der Waals surface area (Å²) < 4.78 is 25.3. The van der Waals surface area contributed by atoms with E-state index in [9.17, 15) is 13.2 Å². The zero-order chi connectivity index (χ0) is 17.3. The van der Waals surface area contributed by atoms with Crippen molar-refractivity contribution in [3.05, 3.63) is 23.8 Å². The number of benzene rings is 1. The van der Waals surface area contributed by atoms with E-state index in [-0.39, 0.29) is 24.2 Å². The van der Waals surface area contributed by atoms with E-state index in [0.717, 1.165) is 37.5 Å². The topological polar surface area (TPSA) is 101 Å². The molecule has 0 aromatic heterocycles. The van der Waals surface area contributed by atoms with Crippen molar-refractivity contribution in [2.45, 2.75) is 45.1 Å². The van der Waals surface area contributed by atoms with E-state index < -0.39 is 15.6 Å². The van der Waals surface area contributed by atoms with E-state index >= 15 is 0 Å². The number of amides is 1. The average Bonchev–Trinajstić information content (AvgIpc) is 2.40. The molecule has 0 spiro atoms.